The molecule has 1 unspecified atom stereocenters. The van der Waals surface area contributed by atoms with Crippen LogP contribution in [0.15, 0.2) is 0 Å². The van der Waals surface area contributed by atoms with E-state index in [9.17, 15) is 4.79 Å². The monoisotopic (exact) mass is 172 g/mol. The lowest BCUT2D eigenvalue weighted by molar-refractivity contribution is -0.227. The summed E-state index contributed by atoms with van der Waals surface area (Å²) in [6.07, 6.45) is 1.94. The smallest absolute Gasteiger partial charge is 0.168 e. The number of Topliss-reactive ketones (excluding diaryl/α,β-unsaturated/α-hetero) is 1. The molecule has 0 radical (unpaired) electrons. The van der Waals surface area contributed by atoms with Gasteiger partial charge in [-0.05, 0) is 0 Å². The molecule has 12 heavy (non-hydrogen) atoms. The van der Waals surface area contributed by atoms with Gasteiger partial charge >= 0.3 is 0 Å². The number of hydrogen-bond donors (Lipinski definition) is 0. The van der Waals surface area contributed by atoms with E-state index < -0.39 is 5.79 Å². The Labute approximate surface area is 73.0 Å². The van der Waals surface area contributed by atoms with Crippen LogP contribution in [0.25, 0.3) is 0 Å². The average molecular weight is 172 g/mol. The van der Waals surface area contributed by atoms with Crippen LogP contribution in [0.1, 0.15) is 26.2 Å². The van der Waals surface area contributed by atoms with Crippen LogP contribution in [0.5, 0.6) is 0 Å². The van der Waals surface area contributed by atoms with Gasteiger partial charge in [-0.15, -0.1) is 0 Å². The van der Waals surface area contributed by atoms with Crippen LogP contribution in [-0.4, -0.2) is 25.8 Å². The van der Waals surface area contributed by atoms with Crippen LogP contribution in [0.3, 0.4) is 0 Å². The van der Waals surface area contributed by atoms with Crippen LogP contribution in [0, 0.1) is 5.92 Å². The van der Waals surface area contributed by atoms with E-state index in [1.54, 1.807) is 14.2 Å². The molecule has 1 saturated carbocycles. The molecule has 0 aromatic heterocycles. The Morgan fingerprint density at radius 3 is 2.42 bits per heavy atom. The molecule has 0 spiro atoms. The summed E-state index contributed by atoms with van der Waals surface area (Å²) in [4.78, 5) is 11.2. The Morgan fingerprint density at radius 2 is 2.00 bits per heavy atom. The van der Waals surface area contributed by atoms with Gasteiger partial charge in [0.2, 0.25) is 0 Å². The quantitative estimate of drug-likeness (QED) is 0.590. The summed E-state index contributed by atoms with van der Waals surface area (Å²) in [6.45, 7) is 1.92. The first-order valence-corrected chi connectivity index (χ1v) is 4.26. The zero-order valence-corrected chi connectivity index (χ0v) is 7.92. The molecule has 0 bridgehead atoms. The fourth-order valence-corrected chi connectivity index (χ4v) is 1.70. The molecule has 1 fully saturated rings. The molecule has 70 valence electrons. The highest BCUT2D eigenvalue weighted by Crippen LogP contribution is 2.33. The third-order valence-electron chi connectivity index (χ3n) is 2.66. The maximum Gasteiger partial charge on any atom is 0.168 e. The van der Waals surface area contributed by atoms with Crippen molar-refractivity contribution in [2.75, 3.05) is 14.2 Å². The number of carbonyl (C=O) groups excluding carboxylic acids is 1. The Bertz CT molecular complexity index is 173. The molecule has 0 aliphatic heterocycles. The largest absolute Gasteiger partial charge is 0.353 e. The third kappa shape index (κ3) is 1.67. The second kappa shape index (κ2) is 3.54. The van der Waals surface area contributed by atoms with Crippen molar-refractivity contribution in [3.05, 3.63) is 0 Å². The van der Waals surface area contributed by atoms with Crippen molar-refractivity contribution in [1.29, 1.82) is 0 Å². The molecule has 0 heterocycles. The minimum absolute atomic E-state index is 0.0682. The van der Waals surface area contributed by atoms with Gasteiger partial charge in [-0.25, -0.2) is 0 Å². The van der Waals surface area contributed by atoms with Gasteiger partial charge in [0, 0.05) is 39.4 Å². The Balaban J connectivity index is 2.64. The first kappa shape index (κ1) is 9.68. The van der Waals surface area contributed by atoms with Crippen LogP contribution in [0.4, 0.5) is 0 Å². The highest BCUT2D eigenvalue weighted by Gasteiger charge is 2.38. The van der Waals surface area contributed by atoms with E-state index in [-0.39, 0.29) is 5.92 Å². The summed E-state index contributed by atoms with van der Waals surface area (Å²) in [5, 5.41) is 0. The minimum Gasteiger partial charge on any atom is -0.353 e. The van der Waals surface area contributed by atoms with Gasteiger partial charge < -0.3 is 9.47 Å². The summed E-state index contributed by atoms with van der Waals surface area (Å²) in [7, 11) is 3.26. The number of methoxy groups -OCH3 is 2. The van der Waals surface area contributed by atoms with Gasteiger partial charge in [0.1, 0.15) is 5.78 Å². The van der Waals surface area contributed by atoms with E-state index in [1.165, 1.54) is 0 Å². The molecule has 1 aliphatic carbocycles. The lowest BCUT2D eigenvalue weighted by Crippen LogP contribution is -2.41. The van der Waals surface area contributed by atoms with Crippen LogP contribution >= 0.6 is 0 Å². The fourth-order valence-electron chi connectivity index (χ4n) is 1.70. The maximum atomic E-state index is 11.2. The van der Waals surface area contributed by atoms with Crippen molar-refractivity contribution in [3.63, 3.8) is 0 Å². The van der Waals surface area contributed by atoms with Crippen molar-refractivity contribution < 1.29 is 14.3 Å². The van der Waals surface area contributed by atoms with E-state index in [4.69, 9.17) is 9.47 Å². The molecule has 0 aromatic carbocycles. The second-order valence-electron chi connectivity index (χ2n) is 3.39. The Morgan fingerprint density at radius 1 is 1.42 bits per heavy atom. The molecule has 0 N–H and O–H groups in total. The van der Waals surface area contributed by atoms with Gasteiger partial charge in [-0.2, -0.15) is 0 Å². The molecule has 1 atom stereocenters. The van der Waals surface area contributed by atoms with E-state index in [2.05, 4.69) is 0 Å². The van der Waals surface area contributed by atoms with E-state index in [1.807, 2.05) is 6.92 Å². The van der Waals surface area contributed by atoms with E-state index >= 15 is 0 Å². The third-order valence-corrected chi connectivity index (χ3v) is 2.66. The van der Waals surface area contributed by atoms with Gasteiger partial charge in [0.05, 0.1) is 0 Å². The zero-order valence-electron chi connectivity index (χ0n) is 7.92. The maximum absolute atomic E-state index is 11.2. The molecule has 3 nitrogen and oxygen atoms in total. The van der Waals surface area contributed by atoms with Gasteiger partial charge in [0.25, 0.3) is 0 Å². The predicted octanol–water partition coefficient (Wildman–Crippen LogP) is 1.36. The fraction of sp³-hybridized carbons (Fsp3) is 0.889. The molecule has 0 saturated heterocycles. The lowest BCUT2D eigenvalue weighted by Gasteiger charge is -2.36. The number of ketones is 1. The second-order valence-corrected chi connectivity index (χ2v) is 3.39. The molecule has 0 aromatic rings. The lowest BCUT2D eigenvalue weighted by atomic mass is 9.85. The first-order valence-electron chi connectivity index (χ1n) is 4.26. The number of rotatable bonds is 2. The van der Waals surface area contributed by atoms with Crippen LogP contribution < -0.4 is 0 Å². The van der Waals surface area contributed by atoms with Crippen molar-refractivity contribution in [3.8, 4) is 0 Å². The molecule has 0 amide bonds. The van der Waals surface area contributed by atoms with Crippen molar-refractivity contribution in [1.82, 2.24) is 0 Å². The Kier molecular flexibility index (Phi) is 2.85. The van der Waals surface area contributed by atoms with Crippen LogP contribution in [0.2, 0.25) is 0 Å². The summed E-state index contributed by atoms with van der Waals surface area (Å²) < 4.78 is 10.5. The molecule has 3 heteroatoms. The number of hydrogen-bond acceptors (Lipinski definition) is 3. The van der Waals surface area contributed by atoms with Crippen molar-refractivity contribution >= 4 is 5.78 Å². The molecular formula is C9H16O3. The molecule has 1 aliphatic rings. The summed E-state index contributed by atoms with van der Waals surface area (Å²) in [6, 6.07) is 0. The standard InChI is InChI=1S/C9H16O3/c1-7-6-9(11-2,12-3)5-4-8(7)10/h7H,4-6H2,1-3H3. The van der Waals surface area contributed by atoms with Crippen molar-refractivity contribution in [2.45, 2.75) is 32.0 Å². The SMILES string of the molecule is COC1(OC)CCC(=O)C(C)C1. The highest BCUT2D eigenvalue weighted by atomic mass is 16.7. The van der Waals surface area contributed by atoms with E-state index in [0.717, 1.165) is 0 Å². The first-order chi connectivity index (χ1) is 5.63. The Hall–Kier alpha value is -0.410. The minimum atomic E-state index is -0.507. The highest BCUT2D eigenvalue weighted by molar-refractivity contribution is 5.81. The number of ether oxygens (including phenoxy) is 2. The normalized spacial score (nSPS) is 28.9. The summed E-state index contributed by atoms with van der Waals surface area (Å²) in [5.41, 5.74) is 0. The van der Waals surface area contributed by atoms with Gasteiger partial charge in [0.15, 0.2) is 5.79 Å². The predicted molar refractivity (Wildman–Crippen MR) is 44.8 cm³/mol. The zero-order chi connectivity index (χ0) is 9.19. The average Bonchev–Trinajstić information content (AvgIpc) is 2.10. The van der Waals surface area contributed by atoms with Crippen LogP contribution in [-0.2, 0) is 14.3 Å². The van der Waals surface area contributed by atoms with Gasteiger partial charge in [-0.3, -0.25) is 4.79 Å². The molecular weight excluding hydrogens is 156 g/mol. The molecule has 1 rings (SSSR count). The van der Waals surface area contributed by atoms with Gasteiger partial charge in [-0.1, -0.05) is 6.92 Å². The number of carbonyl (C=O) groups is 1. The summed E-state index contributed by atoms with van der Waals surface area (Å²) in [5.74, 6) is -0.119. The topological polar surface area (TPSA) is 35.5 Å². The van der Waals surface area contributed by atoms with E-state index in [0.29, 0.717) is 25.0 Å². The summed E-state index contributed by atoms with van der Waals surface area (Å²) >= 11 is 0. The van der Waals surface area contributed by atoms with Crippen molar-refractivity contribution in [2.24, 2.45) is 5.92 Å².